The summed E-state index contributed by atoms with van der Waals surface area (Å²) in [6, 6.07) is 19.1. The lowest BCUT2D eigenvalue weighted by Crippen LogP contribution is -2.38. The first-order valence-corrected chi connectivity index (χ1v) is 14.1. The molecule has 1 aliphatic carbocycles. The number of carboxylic acid groups (broad SMARTS) is 2. The summed E-state index contributed by atoms with van der Waals surface area (Å²) in [6.45, 7) is 3.24. The first kappa shape index (κ1) is 27.1. The Morgan fingerprint density at radius 2 is 1.67 bits per heavy atom. The Morgan fingerprint density at radius 1 is 0.974 bits per heavy atom. The Kier molecular flexibility index (Phi) is 8.40. The molecule has 2 aromatic heterocycles. The molecule has 4 aromatic rings. The van der Waals surface area contributed by atoms with Crippen LogP contribution >= 0.6 is 22.9 Å². The fourth-order valence-electron chi connectivity index (χ4n) is 5.10. The van der Waals surface area contributed by atoms with Gasteiger partial charge in [-0.15, -0.1) is 11.3 Å². The Bertz CT molecular complexity index is 1460. The molecule has 10 heteroatoms. The van der Waals surface area contributed by atoms with Crippen LogP contribution in [0, 0.1) is 0 Å². The van der Waals surface area contributed by atoms with E-state index in [1.165, 1.54) is 34.2 Å². The van der Waals surface area contributed by atoms with Crippen molar-refractivity contribution in [2.45, 2.75) is 44.7 Å². The van der Waals surface area contributed by atoms with Gasteiger partial charge in [0.25, 0.3) is 0 Å². The summed E-state index contributed by atoms with van der Waals surface area (Å²) >= 11 is 7.96. The number of thiophene rings is 1. The number of fused-ring (bicyclic) bond motifs is 3. The van der Waals surface area contributed by atoms with E-state index in [9.17, 15) is 0 Å². The van der Waals surface area contributed by atoms with Gasteiger partial charge in [-0.2, -0.15) is 0 Å². The SMILES string of the molecule is Clc1ccc(-c2nc(NC3CCN(Cc4ccccc4)CC3)c3c4c(sc3n2)CCC4)cc1.O=C(O)C(=O)O. The molecule has 1 saturated heterocycles. The summed E-state index contributed by atoms with van der Waals surface area (Å²) in [7, 11) is 0. The van der Waals surface area contributed by atoms with E-state index in [1.807, 2.05) is 35.6 Å². The number of likely N-dealkylation sites (tertiary alicyclic amines) is 1. The summed E-state index contributed by atoms with van der Waals surface area (Å²) in [4.78, 5) is 33.4. The maximum atomic E-state index is 9.10. The van der Waals surface area contributed by atoms with Gasteiger partial charge < -0.3 is 15.5 Å². The minimum atomic E-state index is -1.82. The van der Waals surface area contributed by atoms with Gasteiger partial charge in [0, 0.05) is 41.1 Å². The molecule has 0 atom stereocenters. The molecular formula is C29H29ClN4O4S. The molecule has 0 bridgehead atoms. The van der Waals surface area contributed by atoms with Gasteiger partial charge in [-0.05, 0) is 67.5 Å². The molecule has 0 saturated carbocycles. The average molecular weight is 565 g/mol. The quantitative estimate of drug-likeness (QED) is 0.263. The molecule has 2 aliphatic rings. The van der Waals surface area contributed by atoms with Crippen molar-refractivity contribution in [3.63, 3.8) is 0 Å². The van der Waals surface area contributed by atoms with E-state index in [1.54, 1.807) is 0 Å². The topological polar surface area (TPSA) is 116 Å². The lowest BCUT2D eigenvalue weighted by atomic mass is 10.0. The summed E-state index contributed by atoms with van der Waals surface area (Å²) in [6.07, 6.45) is 5.81. The Morgan fingerprint density at radius 3 is 2.33 bits per heavy atom. The van der Waals surface area contributed by atoms with Crippen LogP contribution in [0.15, 0.2) is 54.6 Å². The number of piperidine rings is 1. The number of rotatable bonds is 5. The van der Waals surface area contributed by atoms with Crippen molar-refractivity contribution in [2.24, 2.45) is 0 Å². The molecule has 1 aliphatic heterocycles. The van der Waals surface area contributed by atoms with Gasteiger partial charge in [-0.1, -0.05) is 41.9 Å². The van der Waals surface area contributed by atoms with E-state index in [0.29, 0.717) is 6.04 Å². The largest absolute Gasteiger partial charge is 0.473 e. The van der Waals surface area contributed by atoms with E-state index >= 15 is 0 Å². The normalized spacial score (nSPS) is 15.4. The Balaban J connectivity index is 0.000000465. The molecule has 1 fully saturated rings. The van der Waals surface area contributed by atoms with Crippen LogP contribution in [-0.2, 0) is 29.0 Å². The predicted octanol–water partition coefficient (Wildman–Crippen LogP) is 5.73. The molecule has 3 heterocycles. The van der Waals surface area contributed by atoms with E-state index in [-0.39, 0.29) is 0 Å². The Labute approximate surface area is 235 Å². The molecule has 0 amide bonds. The van der Waals surface area contributed by atoms with Gasteiger partial charge in [0.15, 0.2) is 5.82 Å². The number of halogens is 1. The fraction of sp³-hybridized carbons (Fsp3) is 0.310. The van der Waals surface area contributed by atoms with Gasteiger partial charge in [0.05, 0.1) is 5.39 Å². The minimum Gasteiger partial charge on any atom is -0.473 e. The number of aliphatic carboxylic acids is 2. The highest BCUT2D eigenvalue weighted by molar-refractivity contribution is 7.19. The van der Waals surface area contributed by atoms with Gasteiger partial charge in [0.1, 0.15) is 10.6 Å². The highest BCUT2D eigenvalue weighted by Gasteiger charge is 2.25. The second kappa shape index (κ2) is 12.1. The summed E-state index contributed by atoms with van der Waals surface area (Å²) in [5.41, 5.74) is 3.88. The van der Waals surface area contributed by atoms with Crippen molar-refractivity contribution in [1.82, 2.24) is 14.9 Å². The number of aromatic nitrogens is 2. The fourth-order valence-corrected chi connectivity index (χ4v) is 6.49. The van der Waals surface area contributed by atoms with Crippen LogP contribution in [0.2, 0.25) is 5.02 Å². The van der Waals surface area contributed by atoms with E-state index in [4.69, 9.17) is 41.4 Å². The van der Waals surface area contributed by atoms with Gasteiger partial charge in [-0.3, -0.25) is 4.90 Å². The second-order valence-corrected chi connectivity index (χ2v) is 11.3. The molecular weight excluding hydrogens is 536 g/mol. The van der Waals surface area contributed by atoms with Crippen LogP contribution in [0.5, 0.6) is 0 Å². The van der Waals surface area contributed by atoms with Crippen molar-refractivity contribution < 1.29 is 19.8 Å². The van der Waals surface area contributed by atoms with Crippen LogP contribution < -0.4 is 5.32 Å². The number of carboxylic acids is 2. The summed E-state index contributed by atoms with van der Waals surface area (Å²) < 4.78 is 0. The molecule has 0 unspecified atom stereocenters. The Hall–Kier alpha value is -3.53. The van der Waals surface area contributed by atoms with Crippen molar-refractivity contribution in [3.8, 4) is 11.4 Å². The zero-order valence-electron chi connectivity index (χ0n) is 21.3. The van der Waals surface area contributed by atoms with Crippen molar-refractivity contribution >= 4 is 50.9 Å². The van der Waals surface area contributed by atoms with E-state index in [2.05, 4.69) is 40.5 Å². The summed E-state index contributed by atoms with van der Waals surface area (Å²) in [5.74, 6) is -1.85. The predicted molar refractivity (Wildman–Crippen MR) is 154 cm³/mol. The number of aryl methyl sites for hydroxylation is 2. The monoisotopic (exact) mass is 564 g/mol. The number of hydrogen-bond donors (Lipinski definition) is 3. The standard InChI is InChI=1S/C27H27ClN4S.C2H2O4/c28-20-11-9-19(10-12-20)25-30-26(24-22-7-4-8-23(22)33-27(24)31-25)29-21-13-15-32(16-14-21)17-18-5-2-1-3-6-18;3-1(4)2(5)6/h1-3,5-6,9-12,21H,4,7-8,13-17H2,(H,29,30,31);(H,3,4)(H,5,6). The molecule has 202 valence electrons. The summed E-state index contributed by atoms with van der Waals surface area (Å²) in [5, 5.41) is 20.6. The third-order valence-electron chi connectivity index (χ3n) is 7.03. The number of carbonyl (C=O) groups is 2. The molecule has 0 spiro atoms. The van der Waals surface area contributed by atoms with Crippen LogP contribution in [0.4, 0.5) is 5.82 Å². The van der Waals surface area contributed by atoms with Crippen molar-refractivity contribution in [1.29, 1.82) is 0 Å². The highest BCUT2D eigenvalue weighted by atomic mass is 35.5. The highest BCUT2D eigenvalue weighted by Crippen LogP contribution is 2.41. The molecule has 0 radical (unpaired) electrons. The maximum Gasteiger partial charge on any atom is 0.414 e. The van der Waals surface area contributed by atoms with Gasteiger partial charge in [-0.25, -0.2) is 19.6 Å². The van der Waals surface area contributed by atoms with Crippen LogP contribution in [0.25, 0.3) is 21.6 Å². The van der Waals surface area contributed by atoms with Gasteiger partial charge >= 0.3 is 11.9 Å². The number of hydrogen-bond acceptors (Lipinski definition) is 7. The van der Waals surface area contributed by atoms with Crippen LogP contribution in [0.1, 0.15) is 35.3 Å². The number of nitrogens with one attached hydrogen (secondary N) is 1. The smallest absolute Gasteiger partial charge is 0.414 e. The minimum absolute atomic E-state index is 0.435. The van der Waals surface area contributed by atoms with Crippen LogP contribution in [0.3, 0.4) is 0 Å². The number of benzene rings is 2. The van der Waals surface area contributed by atoms with Gasteiger partial charge in [0.2, 0.25) is 0 Å². The third kappa shape index (κ3) is 6.55. The van der Waals surface area contributed by atoms with E-state index < -0.39 is 11.9 Å². The lowest BCUT2D eigenvalue weighted by Gasteiger charge is -2.32. The molecule has 6 rings (SSSR count). The van der Waals surface area contributed by atoms with Crippen molar-refractivity contribution in [2.75, 3.05) is 18.4 Å². The van der Waals surface area contributed by atoms with Crippen LogP contribution in [-0.4, -0.2) is 56.2 Å². The molecule has 2 aromatic carbocycles. The second-order valence-electron chi connectivity index (χ2n) is 9.73. The first-order chi connectivity index (χ1) is 18.9. The zero-order chi connectivity index (χ0) is 27.4. The zero-order valence-corrected chi connectivity index (χ0v) is 22.8. The third-order valence-corrected chi connectivity index (χ3v) is 8.47. The number of anilines is 1. The molecule has 3 N–H and O–H groups in total. The maximum absolute atomic E-state index is 9.10. The van der Waals surface area contributed by atoms with E-state index in [0.717, 1.165) is 66.0 Å². The van der Waals surface area contributed by atoms with Crippen molar-refractivity contribution in [3.05, 3.63) is 75.6 Å². The lowest BCUT2D eigenvalue weighted by molar-refractivity contribution is -0.159. The molecule has 8 nitrogen and oxygen atoms in total. The average Bonchev–Trinajstić information content (AvgIpc) is 3.52. The molecule has 39 heavy (non-hydrogen) atoms. The first-order valence-electron chi connectivity index (χ1n) is 12.9. The number of nitrogens with zero attached hydrogens (tertiary/aromatic N) is 3.